The van der Waals surface area contributed by atoms with Crippen molar-refractivity contribution < 1.29 is 43.6 Å². The fourth-order valence-electron chi connectivity index (χ4n) is 3.65. The van der Waals surface area contributed by atoms with Crippen molar-refractivity contribution in [2.24, 2.45) is 0 Å². The number of aliphatic hydroxyl groups excluding tert-OH is 3. The lowest BCUT2D eigenvalue weighted by molar-refractivity contribution is -1.13. The van der Waals surface area contributed by atoms with Crippen molar-refractivity contribution in [3.63, 3.8) is 0 Å². The number of carbonyl (C=O) groups is 1. The van der Waals surface area contributed by atoms with Gasteiger partial charge in [0.15, 0.2) is 6.10 Å². The number of carboxylic acids is 1. The smallest absolute Gasteiger partial charge is 0.335 e. The number of aliphatic hydroxyl groups is 3. The van der Waals surface area contributed by atoms with E-state index in [0.29, 0.717) is 12.8 Å². The molecule has 3 rings (SSSR count). The molecule has 4 N–H and O–H groups in total. The van der Waals surface area contributed by atoms with Crippen molar-refractivity contribution in [2.45, 2.75) is 56.4 Å². The van der Waals surface area contributed by atoms with E-state index in [2.05, 4.69) is 4.98 Å². The lowest BCUT2D eigenvalue weighted by Crippen LogP contribution is -2.63. The van der Waals surface area contributed by atoms with Gasteiger partial charge in [0.1, 0.15) is 37.4 Å². The van der Waals surface area contributed by atoms with Crippen LogP contribution in [0.1, 0.15) is 35.4 Å². The third-order valence-corrected chi connectivity index (χ3v) is 5.05. The summed E-state index contributed by atoms with van der Waals surface area (Å²) in [7, 11) is 0. The van der Waals surface area contributed by atoms with Crippen LogP contribution >= 0.6 is 0 Å². The Balaban J connectivity index is 1.94. The molecule has 2 aliphatic heterocycles. The van der Waals surface area contributed by atoms with E-state index in [1.807, 2.05) is 0 Å². The van der Waals surface area contributed by atoms with Gasteiger partial charge in [0.25, 0.3) is 0 Å². The zero-order valence-corrected chi connectivity index (χ0v) is 14.0. The van der Waals surface area contributed by atoms with E-state index in [1.165, 1.54) is 0 Å². The van der Waals surface area contributed by atoms with Gasteiger partial charge in [-0.1, -0.05) is 0 Å². The SMILES string of the molecule is [2H]C([2H])([2H])C[N+]1(OC2O[C@H](C(=O)O)[C@@H](O)[C@H](O)[C@H]2O)CCCC1c1cccnc1. The fourth-order valence-corrected chi connectivity index (χ4v) is 3.65. The number of rotatable bonds is 5. The van der Waals surface area contributed by atoms with Crippen LogP contribution in [-0.2, 0) is 14.4 Å². The number of hydrogen-bond acceptors (Lipinski definition) is 7. The van der Waals surface area contributed by atoms with E-state index in [9.17, 15) is 25.2 Å². The minimum atomic E-state index is -2.39. The molecule has 0 bridgehead atoms. The zero-order valence-electron chi connectivity index (χ0n) is 17.0. The second kappa shape index (κ2) is 7.55. The number of hydrogen-bond donors (Lipinski definition) is 4. The van der Waals surface area contributed by atoms with Gasteiger partial charge < -0.3 is 25.2 Å². The van der Waals surface area contributed by atoms with Crippen LogP contribution in [0, 0.1) is 0 Å². The molecule has 9 heteroatoms. The number of likely N-dealkylation sites (tertiary alicyclic amines) is 1. The van der Waals surface area contributed by atoms with Crippen LogP contribution in [0.2, 0.25) is 0 Å². The number of nitrogens with zero attached hydrogens (tertiary/aromatic N) is 2. The number of carboxylic acid groups (broad SMARTS) is 1. The van der Waals surface area contributed by atoms with E-state index < -0.39 is 60.8 Å². The van der Waals surface area contributed by atoms with Gasteiger partial charge >= 0.3 is 5.97 Å². The van der Waals surface area contributed by atoms with E-state index in [4.69, 9.17) is 13.7 Å². The highest BCUT2D eigenvalue weighted by molar-refractivity contribution is 5.73. The molecule has 3 heterocycles. The molecule has 1 aromatic heterocycles. The summed E-state index contributed by atoms with van der Waals surface area (Å²) < 4.78 is 28.1. The topological polar surface area (TPSA) is 129 Å². The summed E-state index contributed by atoms with van der Waals surface area (Å²) in [6, 6.07) is 3.06. The average molecular weight is 372 g/mol. The summed E-state index contributed by atoms with van der Waals surface area (Å²) >= 11 is 0. The highest BCUT2D eigenvalue weighted by Crippen LogP contribution is 2.41. The number of aromatic nitrogens is 1. The first-order valence-electron chi connectivity index (χ1n) is 9.92. The van der Waals surface area contributed by atoms with E-state index in [-0.39, 0.29) is 6.54 Å². The summed E-state index contributed by atoms with van der Waals surface area (Å²) in [5.41, 5.74) is 0.731. The molecule has 0 aliphatic carbocycles. The van der Waals surface area contributed by atoms with Crippen LogP contribution in [-0.4, -0.2) is 79.8 Å². The molecule has 0 spiro atoms. The molecule has 2 saturated heterocycles. The first-order valence-corrected chi connectivity index (χ1v) is 8.42. The largest absolute Gasteiger partial charge is 0.479 e. The van der Waals surface area contributed by atoms with Gasteiger partial charge in [-0.15, -0.1) is 0 Å². The summed E-state index contributed by atoms with van der Waals surface area (Å²) in [5, 5.41) is 39.5. The van der Waals surface area contributed by atoms with Crippen molar-refractivity contribution in [2.75, 3.05) is 13.1 Å². The first-order chi connectivity index (χ1) is 13.5. The van der Waals surface area contributed by atoms with Gasteiger partial charge in [-0.25, -0.2) is 4.79 Å². The Kier molecular flexibility index (Phi) is 4.48. The van der Waals surface area contributed by atoms with Crippen molar-refractivity contribution >= 4 is 5.97 Å². The third kappa shape index (κ3) is 3.34. The molecule has 0 aromatic carbocycles. The molecular weight excluding hydrogens is 344 g/mol. The summed E-state index contributed by atoms with van der Waals surface area (Å²) in [6.07, 6.45) is -4.54. The lowest BCUT2D eigenvalue weighted by Gasteiger charge is -2.43. The number of ether oxygens (including phenoxy) is 1. The second-order valence-corrected chi connectivity index (χ2v) is 6.62. The van der Waals surface area contributed by atoms with E-state index in [0.717, 1.165) is 5.56 Å². The second-order valence-electron chi connectivity index (χ2n) is 6.62. The summed E-state index contributed by atoms with van der Waals surface area (Å²) in [5.74, 6) is -1.54. The molecule has 9 nitrogen and oxygen atoms in total. The highest BCUT2D eigenvalue weighted by atomic mass is 16.8. The Morgan fingerprint density at radius 1 is 1.42 bits per heavy atom. The van der Waals surface area contributed by atoms with E-state index in [1.54, 1.807) is 24.5 Å². The van der Waals surface area contributed by atoms with Gasteiger partial charge in [0, 0.05) is 34.9 Å². The molecule has 26 heavy (non-hydrogen) atoms. The van der Waals surface area contributed by atoms with Crippen molar-refractivity contribution in [3.8, 4) is 0 Å². The van der Waals surface area contributed by atoms with Crippen LogP contribution in [0.25, 0.3) is 0 Å². The number of pyridine rings is 1. The highest BCUT2D eigenvalue weighted by Gasteiger charge is 2.53. The number of quaternary nitrogens is 1. The van der Waals surface area contributed by atoms with Crippen LogP contribution in [0.15, 0.2) is 24.5 Å². The minimum absolute atomic E-state index is 0.279. The van der Waals surface area contributed by atoms with Crippen molar-refractivity contribution in [3.05, 3.63) is 30.1 Å². The van der Waals surface area contributed by atoms with Crippen LogP contribution in [0.4, 0.5) is 0 Å². The summed E-state index contributed by atoms with van der Waals surface area (Å²) in [4.78, 5) is 21.4. The van der Waals surface area contributed by atoms with Gasteiger partial charge in [-0.3, -0.25) is 4.98 Å². The Morgan fingerprint density at radius 2 is 2.23 bits per heavy atom. The molecular formula is C17H25N2O7+. The monoisotopic (exact) mass is 372 g/mol. The molecule has 2 aliphatic rings. The number of aliphatic carboxylic acids is 1. The molecule has 1 aromatic rings. The maximum atomic E-state index is 11.4. The fraction of sp³-hybridized carbons (Fsp3) is 0.647. The predicted octanol–water partition coefficient (Wildman–Crippen LogP) is -0.423. The average Bonchev–Trinajstić information content (AvgIpc) is 3.04. The van der Waals surface area contributed by atoms with Crippen molar-refractivity contribution in [1.29, 1.82) is 0 Å². The Bertz CT molecular complexity index is 723. The standard InChI is InChI=1S/C17H24N2O7/c1-2-19(8-4-6-11(19)10-5-3-7-18-9-10)26-17-14(22)12(20)13(21)15(25-17)16(23)24/h3,5,7,9,11-15,17,20-22H,2,4,6,8H2,1H3/p+1/t11?,12-,13-,14+,15-,17?,19?/m0/s1/i1D3. The van der Waals surface area contributed by atoms with Crippen LogP contribution < -0.4 is 0 Å². The van der Waals surface area contributed by atoms with Gasteiger partial charge in [0.2, 0.25) is 6.29 Å². The molecule has 7 atom stereocenters. The normalized spacial score (nSPS) is 42.7. The predicted molar refractivity (Wildman–Crippen MR) is 87.3 cm³/mol. The van der Waals surface area contributed by atoms with Crippen LogP contribution in [0.3, 0.4) is 0 Å². The molecule has 0 amide bonds. The lowest BCUT2D eigenvalue weighted by atomic mass is 9.99. The minimum Gasteiger partial charge on any atom is -0.479 e. The first kappa shape index (κ1) is 15.4. The van der Waals surface area contributed by atoms with Gasteiger partial charge in [0.05, 0.1) is 0 Å². The number of hydroxylamine groups is 3. The Hall–Kier alpha value is -1.62. The van der Waals surface area contributed by atoms with E-state index >= 15 is 0 Å². The quantitative estimate of drug-likeness (QED) is 0.513. The maximum Gasteiger partial charge on any atom is 0.335 e. The maximum absolute atomic E-state index is 11.4. The zero-order chi connectivity index (χ0) is 21.4. The van der Waals surface area contributed by atoms with Gasteiger partial charge in [-0.2, -0.15) is 9.48 Å². The molecule has 0 saturated carbocycles. The molecule has 3 unspecified atom stereocenters. The molecule has 2 fully saturated rings. The third-order valence-electron chi connectivity index (χ3n) is 5.05. The van der Waals surface area contributed by atoms with Crippen LogP contribution in [0.5, 0.6) is 0 Å². The summed E-state index contributed by atoms with van der Waals surface area (Å²) in [6.45, 7) is -2.54. The molecule has 144 valence electrons. The van der Waals surface area contributed by atoms with Crippen molar-refractivity contribution in [1.82, 2.24) is 4.98 Å². The Morgan fingerprint density at radius 3 is 2.88 bits per heavy atom. The Labute approximate surface area is 155 Å². The molecule has 0 radical (unpaired) electrons. The van der Waals surface area contributed by atoms with Gasteiger partial charge in [-0.05, 0) is 19.0 Å².